The predicted octanol–water partition coefficient (Wildman–Crippen LogP) is 6.48. The van der Waals surface area contributed by atoms with E-state index in [1.807, 2.05) is 56.4 Å². The van der Waals surface area contributed by atoms with Crippen molar-refractivity contribution in [1.82, 2.24) is 9.88 Å². The molecule has 0 aliphatic rings. The number of benzene rings is 2. The first-order valence-corrected chi connectivity index (χ1v) is 11.7. The Morgan fingerprint density at radius 2 is 1.89 bits per heavy atom. The van der Waals surface area contributed by atoms with Crippen molar-refractivity contribution in [2.75, 3.05) is 7.05 Å². The van der Waals surface area contributed by atoms with Crippen molar-refractivity contribution in [3.05, 3.63) is 81.5 Å². The molecule has 0 fully saturated rings. The van der Waals surface area contributed by atoms with Gasteiger partial charge in [-0.15, -0.1) is 34.4 Å². The minimum atomic E-state index is -0.0831. The number of thioether (sulfide) groups is 1. The van der Waals surface area contributed by atoms with Crippen molar-refractivity contribution in [2.45, 2.75) is 23.6 Å². The maximum atomic E-state index is 13.2. The van der Waals surface area contributed by atoms with Gasteiger partial charge in [0.2, 0.25) is 0 Å². The summed E-state index contributed by atoms with van der Waals surface area (Å²) in [6.07, 6.45) is 0. The zero-order chi connectivity index (χ0) is 19.5. The molecule has 2 heterocycles. The zero-order valence-corrected chi connectivity index (χ0v) is 18.1. The van der Waals surface area contributed by atoms with Crippen molar-refractivity contribution in [1.29, 1.82) is 0 Å². The van der Waals surface area contributed by atoms with E-state index in [9.17, 15) is 4.79 Å². The second kappa shape index (κ2) is 8.47. The summed E-state index contributed by atoms with van der Waals surface area (Å²) in [5.41, 5.74) is 1.74. The van der Waals surface area contributed by atoms with E-state index in [0.717, 1.165) is 31.4 Å². The number of fused-ring (bicyclic) bond motifs is 1. The fraction of sp³-hybridized carbons (Fsp3) is 0.182. The molecule has 1 unspecified atom stereocenters. The zero-order valence-electron chi connectivity index (χ0n) is 15.7. The Morgan fingerprint density at radius 3 is 2.68 bits per heavy atom. The van der Waals surface area contributed by atoms with Crippen molar-refractivity contribution >= 4 is 50.6 Å². The van der Waals surface area contributed by atoms with Crippen LogP contribution in [0.5, 0.6) is 0 Å². The van der Waals surface area contributed by atoms with Crippen molar-refractivity contribution in [3.63, 3.8) is 0 Å². The normalized spacial score (nSPS) is 12.2. The number of rotatable bonds is 6. The number of thiophene rings is 1. The maximum Gasteiger partial charge on any atom is 0.255 e. The van der Waals surface area contributed by atoms with E-state index in [4.69, 9.17) is 4.98 Å². The van der Waals surface area contributed by atoms with E-state index in [-0.39, 0.29) is 11.9 Å². The van der Waals surface area contributed by atoms with Crippen LogP contribution in [0.3, 0.4) is 0 Å². The van der Waals surface area contributed by atoms with Crippen LogP contribution in [0.1, 0.15) is 33.2 Å². The monoisotopic (exact) mass is 424 g/mol. The Morgan fingerprint density at radius 1 is 1.11 bits per heavy atom. The molecule has 0 radical (unpaired) electrons. The molecule has 0 bridgehead atoms. The third-order valence-electron chi connectivity index (χ3n) is 4.64. The van der Waals surface area contributed by atoms with E-state index >= 15 is 0 Å². The summed E-state index contributed by atoms with van der Waals surface area (Å²) >= 11 is 5.11. The van der Waals surface area contributed by atoms with E-state index < -0.39 is 0 Å². The number of carbonyl (C=O) groups excluding carboxylic acids is 1. The van der Waals surface area contributed by atoms with Crippen LogP contribution in [0.2, 0.25) is 0 Å². The Bertz CT molecular complexity index is 1060. The second-order valence-electron chi connectivity index (χ2n) is 6.48. The Kier molecular flexibility index (Phi) is 5.80. The molecule has 2 aromatic carbocycles. The lowest BCUT2D eigenvalue weighted by molar-refractivity contribution is 0.0739. The highest BCUT2D eigenvalue weighted by Gasteiger charge is 2.23. The lowest BCUT2D eigenvalue weighted by Crippen LogP contribution is -2.30. The fourth-order valence-corrected chi connectivity index (χ4v) is 5.79. The highest BCUT2D eigenvalue weighted by atomic mass is 32.2. The van der Waals surface area contributed by atoms with Gasteiger partial charge in [-0.2, -0.15) is 0 Å². The van der Waals surface area contributed by atoms with Crippen LogP contribution in [0.15, 0.2) is 70.9 Å². The molecule has 0 aliphatic carbocycles. The number of thiazole rings is 1. The van der Waals surface area contributed by atoms with Crippen LogP contribution in [-0.4, -0.2) is 22.8 Å². The lowest BCUT2D eigenvalue weighted by atomic mass is 10.2. The molecule has 0 spiro atoms. The van der Waals surface area contributed by atoms with Gasteiger partial charge in [-0.3, -0.25) is 4.79 Å². The summed E-state index contributed by atoms with van der Waals surface area (Å²) in [7, 11) is 1.86. The third-order valence-corrected chi connectivity index (χ3v) is 8.02. The van der Waals surface area contributed by atoms with Gasteiger partial charge >= 0.3 is 0 Å². The number of para-hydroxylation sites is 1. The molecule has 3 nitrogen and oxygen atoms in total. The van der Waals surface area contributed by atoms with Gasteiger partial charge in [-0.25, -0.2) is 4.98 Å². The van der Waals surface area contributed by atoms with Gasteiger partial charge in [0.1, 0.15) is 5.01 Å². The molecule has 0 saturated carbocycles. The quantitative estimate of drug-likeness (QED) is 0.332. The van der Waals surface area contributed by atoms with Crippen molar-refractivity contribution < 1.29 is 4.79 Å². The van der Waals surface area contributed by atoms with Gasteiger partial charge in [0.15, 0.2) is 0 Å². The lowest BCUT2D eigenvalue weighted by Gasteiger charge is -2.24. The second-order valence-corrected chi connectivity index (χ2v) is 9.59. The average molecular weight is 425 g/mol. The Labute approximate surface area is 177 Å². The highest BCUT2D eigenvalue weighted by Crippen LogP contribution is 2.32. The Balaban J connectivity index is 1.54. The number of carbonyl (C=O) groups is 1. The van der Waals surface area contributed by atoms with Crippen LogP contribution in [0, 0.1) is 0 Å². The van der Waals surface area contributed by atoms with Gasteiger partial charge in [-0.05, 0) is 42.6 Å². The molecule has 2 aromatic heterocycles. The van der Waals surface area contributed by atoms with E-state index in [2.05, 4.69) is 23.6 Å². The minimum Gasteiger partial charge on any atom is -0.332 e. The van der Waals surface area contributed by atoms with Crippen molar-refractivity contribution in [3.8, 4) is 0 Å². The first kappa shape index (κ1) is 19.2. The van der Waals surface area contributed by atoms with Crippen LogP contribution in [0.4, 0.5) is 0 Å². The molecule has 142 valence electrons. The summed E-state index contributed by atoms with van der Waals surface area (Å²) in [6, 6.07) is 20.1. The van der Waals surface area contributed by atoms with Crippen LogP contribution in [-0.2, 0) is 5.75 Å². The topological polar surface area (TPSA) is 33.2 Å². The van der Waals surface area contributed by atoms with Crippen LogP contribution in [0.25, 0.3) is 10.2 Å². The van der Waals surface area contributed by atoms with Gasteiger partial charge < -0.3 is 4.90 Å². The standard InChI is InChI=1S/C22H20N2OS3/c1-15(21-23-18-10-4-6-12-20(18)28-21)24(2)22(25)17-9-3-5-11-19(17)27-14-16-8-7-13-26-16/h3-13,15H,14H2,1-2H3. The Hall–Kier alpha value is -2.15. The SMILES string of the molecule is CC(c1nc2ccccc2s1)N(C)C(=O)c1ccccc1SCc1cccs1. The summed E-state index contributed by atoms with van der Waals surface area (Å²) in [4.78, 5) is 22.1. The number of nitrogens with zero attached hydrogens (tertiary/aromatic N) is 2. The third kappa shape index (κ3) is 3.99. The van der Waals surface area contributed by atoms with Crippen LogP contribution >= 0.6 is 34.4 Å². The molecular weight excluding hydrogens is 404 g/mol. The van der Waals surface area contributed by atoms with E-state index in [1.165, 1.54) is 4.88 Å². The molecule has 4 aromatic rings. The van der Waals surface area contributed by atoms with Gasteiger partial charge in [0, 0.05) is 22.6 Å². The first-order chi connectivity index (χ1) is 13.6. The van der Waals surface area contributed by atoms with E-state index in [0.29, 0.717) is 0 Å². The number of hydrogen-bond acceptors (Lipinski definition) is 5. The number of amides is 1. The van der Waals surface area contributed by atoms with Gasteiger partial charge in [-0.1, -0.05) is 30.3 Å². The largest absolute Gasteiger partial charge is 0.332 e. The first-order valence-electron chi connectivity index (χ1n) is 9.00. The number of aromatic nitrogens is 1. The predicted molar refractivity (Wildman–Crippen MR) is 120 cm³/mol. The highest BCUT2D eigenvalue weighted by molar-refractivity contribution is 7.98. The average Bonchev–Trinajstić information content (AvgIpc) is 3.40. The molecule has 1 atom stereocenters. The van der Waals surface area contributed by atoms with Gasteiger partial charge in [0.05, 0.1) is 21.8 Å². The van der Waals surface area contributed by atoms with Crippen molar-refractivity contribution in [2.24, 2.45) is 0 Å². The molecular formula is C22H20N2OS3. The molecule has 4 rings (SSSR count). The molecule has 28 heavy (non-hydrogen) atoms. The molecule has 1 amide bonds. The minimum absolute atomic E-state index is 0.0287. The van der Waals surface area contributed by atoms with Crippen LogP contribution < -0.4 is 0 Å². The summed E-state index contributed by atoms with van der Waals surface area (Å²) in [5, 5.41) is 3.04. The molecule has 0 saturated heterocycles. The van der Waals surface area contributed by atoms with E-state index in [1.54, 1.807) is 39.3 Å². The fourth-order valence-electron chi connectivity index (χ4n) is 2.91. The summed E-state index contributed by atoms with van der Waals surface area (Å²) in [6.45, 7) is 2.04. The van der Waals surface area contributed by atoms with Gasteiger partial charge in [0.25, 0.3) is 5.91 Å². The summed E-state index contributed by atoms with van der Waals surface area (Å²) < 4.78 is 1.15. The molecule has 0 N–H and O–H groups in total. The number of hydrogen-bond donors (Lipinski definition) is 0. The summed E-state index contributed by atoms with van der Waals surface area (Å²) in [5.74, 6) is 0.903. The molecule has 6 heteroatoms. The maximum absolute atomic E-state index is 13.2. The smallest absolute Gasteiger partial charge is 0.255 e. The molecule has 0 aliphatic heterocycles.